The number of primary amides is 1. The van der Waals surface area contributed by atoms with E-state index in [2.05, 4.69) is 9.11 Å². The molecule has 0 saturated carbocycles. The lowest BCUT2D eigenvalue weighted by molar-refractivity contribution is -0.183. The molecule has 0 aliphatic heterocycles. The predicted octanol–water partition coefficient (Wildman–Crippen LogP) is 2.68. The lowest BCUT2D eigenvalue weighted by Gasteiger charge is -2.17. The molecule has 4 nitrogen and oxygen atoms in total. The molecule has 1 aromatic heterocycles. The normalized spacial score (nSPS) is 11.3. The number of amides is 1. The van der Waals surface area contributed by atoms with Crippen molar-refractivity contribution in [2.75, 3.05) is 0 Å². The first-order valence-corrected chi connectivity index (χ1v) is 6.06. The Morgan fingerprint density at radius 2 is 2.00 bits per heavy atom. The Labute approximate surface area is 112 Å². The van der Waals surface area contributed by atoms with Gasteiger partial charge < -0.3 is 10.5 Å². The van der Waals surface area contributed by atoms with E-state index in [4.69, 9.17) is 5.73 Å². The van der Waals surface area contributed by atoms with Gasteiger partial charge in [0.2, 0.25) is 5.06 Å². The third kappa shape index (κ3) is 2.87. The van der Waals surface area contributed by atoms with Gasteiger partial charge in [0.25, 0.3) is 5.91 Å². The molecule has 0 spiro atoms. The van der Waals surface area contributed by atoms with Crippen molar-refractivity contribution in [3.05, 3.63) is 47.2 Å². The summed E-state index contributed by atoms with van der Waals surface area (Å²) in [6, 6.07) is 5.63. The van der Waals surface area contributed by atoms with E-state index in [1.807, 2.05) is 0 Å². The molecule has 0 saturated heterocycles. The van der Waals surface area contributed by atoms with Crippen LogP contribution in [0.15, 0.2) is 30.5 Å². The molecule has 1 heterocycles. The molecular weight excluding hydrogens is 274 g/mol. The van der Waals surface area contributed by atoms with Crippen molar-refractivity contribution in [1.82, 2.24) is 4.37 Å². The summed E-state index contributed by atoms with van der Waals surface area (Å²) in [4.78, 5) is 11.0. The van der Waals surface area contributed by atoms with Gasteiger partial charge in [-0.3, -0.25) is 4.79 Å². The van der Waals surface area contributed by atoms with Crippen molar-refractivity contribution in [2.24, 2.45) is 5.73 Å². The monoisotopic (exact) mass is 284 g/mol. The molecule has 2 aromatic rings. The van der Waals surface area contributed by atoms with Gasteiger partial charge in [0.1, 0.15) is 5.56 Å². The number of hydrogen-bond donors (Lipinski definition) is 1. The summed E-state index contributed by atoms with van der Waals surface area (Å²) in [6.07, 6.45) is -2.45. The number of ether oxygens (including phenoxy) is 1. The van der Waals surface area contributed by atoms with Gasteiger partial charge in [-0.2, -0.15) is 13.2 Å². The van der Waals surface area contributed by atoms with Gasteiger partial charge in [-0.15, -0.1) is 0 Å². The number of alkyl halides is 2. The van der Waals surface area contributed by atoms with Crippen LogP contribution in [0.1, 0.15) is 21.5 Å². The summed E-state index contributed by atoms with van der Waals surface area (Å²) in [5, 5.41) is -0.293. The Morgan fingerprint density at radius 1 is 1.37 bits per heavy atom. The highest BCUT2D eigenvalue weighted by Crippen LogP contribution is 2.35. The van der Waals surface area contributed by atoms with Crippen LogP contribution < -0.4 is 10.5 Å². The van der Waals surface area contributed by atoms with Gasteiger partial charge in [0.15, 0.2) is 0 Å². The molecule has 0 fully saturated rings. The fourth-order valence-electron chi connectivity index (χ4n) is 1.39. The highest BCUT2D eigenvalue weighted by Gasteiger charge is 2.36. The second-order valence-electron chi connectivity index (χ2n) is 3.88. The van der Waals surface area contributed by atoms with Crippen molar-refractivity contribution >= 4 is 17.4 Å². The number of aryl methyl sites for hydroxylation is 1. The first-order chi connectivity index (χ1) is 8.90. The fourth-order valence-corrected chi connectivity index (χ4v) is 2.04. The zero-order chi connectivity index (χ0) is 14.0. The average molecular weight is 284 g/mol. The summed E-state index contributed by atoms with van der Waals surface area (Å²) >= 11 is 0.650. The molecule has 19 heavy (non-hydrogen) atoms. The Morgan fingerprint density at radius 3 is 2.58 bits per heavy atom. The van der Waals surface area contributed by atoms with Crippen LogP contribution in [0.5, 0.6) is 5.06 Å². The minimum atomic E-state index is -3.55. The molecule has 0 aliphatic rings. The zero-order valence-corrected chi connectivity index (χ0v) is 10.7. The standard InChI is InChI=1S/C12H10F2N2O2S/c1-7-2-4-8(5-3-7)12(13,14)18-11-9(10(15)17)6-16-19-11/h2-6H,1H3,(H2,15,17). The average Bonchev–Trinajstić information content (AvgIpc) is 2.77. The van der Waals surface area contributed by atoms with Crippen LogP contribution in [0.2, 0.25) is 0 Å². The van der Waals surface area contributed by atoms with Gasteiger partial charge in [0.05, 0.1) is 11.8 Å². The molecule has 0 radical (unpaired) electrons. The van der Waals surface area contributed by atoms with Crippen molar-refractivity contribution in [1.29, 1.82) is 0 Å². The van der Waals surface area contributed by atoms with E-state index >= 15 is 0 Å². The Hall–Kier alpha value is -2.02. The van der Waals surface area contributed by atoms with Crippen LogP contribution in [0.3, 0.4) is 0 Å². The van der Waals surface area contributed by atoms with Gasteiger partial charge in [-0.05, 0) is 19.1 Å². The summed E-state index contributed by atoms with van der Waals surface area (Å²) in [5.41, 5.74) is 5.44. The summed E-state index contributed by atoms with van der Waals surface area (Å²) in [7, 11) is 0. The molecule has 0 aliphatic carbocycles. The molecule has 2 N–H and O–H groups in total. The first kappa shape index (κ1) is 13.4. The number of halogens is 2. The van der Waals surface area contributed by atoms with E-state index in [-0.39, 0.29) is 16.2 Å². The number of benzene rings is 1. The molecule has 7 heteroatoms. The predicted molar refractivity (Wildman–Crippen MR) is 66.3 cm³/mol. The number of nitrogens with zero attached hydrogens (tertiary/aromatic N) is 1. The number of carbonyl (C=O) groups is 1. The molecule has 2 rings (SSSR count). The number of nitrogens with two attached hydrogens (primary N) is 1. The molecule has 100 valence electrons. The van der Waals surface area contributed by atoms with E-state index in [0.717, 1.165) is 11.8 Å². The Bertz CT molecular complexity index is 596. The van der Waals surface area contributed by atoms with Crippen molar-refractivity contribution in [2.45, 2.75) is 13.0 Å². The van der Waals surface area contributed by atoms with Gasteiger partial charge in [-0.25, -0.2) is 0 Å². The maximum atomic E-state index is 13.9. The molecule has 0 unspecified atom stereocenters. The lowest BCUT2D eigenvalue weighted by atomic mass is 10.1. The lowest BCUT2D eigenvalue weighted by Crippen LogP contribution is -2.23. The minimum Gasteiger partial charge on any atom is -0.416 e. The van der Waals surface area contributed by atoms with E-state index < -0.39 is 12.0 Å². The van der Waals surface area contributed by atoms with Gasteiger partial charge in [-0.1, -0.05) is 17.7 Å². The third-order valence-electron chi connectivity index (χ3n) is 2.41. The SMILES string of the molecule is Cc1ccc(C(F)(F)Oc2sncc2C(N)=O)cc1. The van der Waals surface area contributed by atoms with Gasteiger partial charge >= 0.3 is 6.11 Å². The number of carbonyl (C=O) groups excluding carboxylic acids is 1. The van der Waals surface area contributed by atoms with E-state index in [1.54, 1.807) is 19.1 Å². The smallest absolute Gasteiger partial charge is 0.416 e. The van der Waals surface area contributed by atoms with Crippen LogP contribution in [0.4, 0.5) is 8.78 Å². The van der Waals surface area contributed by atoms with E-state index in [1.165, 1.54) is 12.1 Å². The van der Waals surface area contributed by atoms with E-state index in [9.17, 15) is 13.6 Å². The number of aromatic nitrogens is 1. The number of hydrogen-bond acceptors (Lipinski definition) is 4. The first-order valence-electron chi connectivity index (χ1n) is 5.28. The maximum absolute atomic E-state index is 13.9. The second-order valence-corrected chi connectivity index (χ2v) is 4.64. The largest absolute Gasteiger partial charge is 0.427 e. The molecule has 1 aromatic carbocycles. The zero-order valence-electron chi connectivity index (χ0n) is 9.89. The minimum absolute atomic E-state index is 0.156. The molecule has 1 amide bonds. The Balaban J connectivity index is 2.28. The molecule has 0 bridgehead atoms. The third-order valence-corrected chi connectivity index (χ3v) is 3.09. The Kier molecular flexibility index (Phi) is 3.48. The number of rotatable bonds is 4. The highest BCUT2D eigenvalue weighted by molar-refractivity contribution is 7.08. The summed E-state index contributed by atoms with van der Waals surface area (Å²) < 4.78 is 36.0. The van der Waals surface area contributed by atoms with E-state index in [0.29, 0.717) is 11.5 Å². The van der Waals surface area contributed by atoms with Crippen molar-refractivity contribution < 1.29 is 18.3 Å². The fraction of sp³-hybridized carbons (Fsp3) is 0.167. The second kappa shape index (κ2) is 4.93. The quantitative estimate of drug-likeness (QED) is 0.938. The van der Waals surface area contributed by atoms with Crippen LogP contribution in [-0.2, 0) is 6.11 Å². The van der Waals surface area contributed by atoms with Crippen LogP contribution >= 0.6 is 11.5 Å². The highest BCUT2D eigenvalue weighted by atomic mass is 32.1. The van der Waals surface area contributed by atoms with Crippen LogP contribution in [0.25, 0.3) is 0 Å². The van der Waals surface area contributed by atoms with Gasteiger partial charge in [0, 0.05) is 11.5 Å². The van der Waals surface area contributed by atoms with Crippen molar-refractivity contribution in [3.8, 4) is 5.06 Å². The molecular formula is C12H10F2N2O2S. The molecule has 0 atom stereocenters. The van der Waals surface area contributed by atoms with Crippen LogP contribution in [-0.4, -0.2) is 10.3 Å². The van der Waals surface area contributed by atoms with Crippen LogP contribution in [0, 0.1) is 6.92 Å². The summed E-state index contributed by atoms with van der Waals surface area (Å²) in [5.74, 6) is -0.858. The maximum Gasteiger partial charge on any atom is 0.427 e. The van der Waals surface area contributed by atoms with Crippen molar-refractivity contribution in [3.63, 3.8) is 0 Å². The topological polar surface area (TPSA) is 65.2 Å². The summed E-state index contributed by atoms with van der Waals surface area (Å²) in [6.45, 7) is 1.79.